The molecule has 2 rings (SSSR count). The van der Waals surface area contributed by atoms with Gasteiger partial charge in [0.15, 0.2) is 0 Å². The Morgan fingerprint density at radius 1 is 1.19 bits per heavy atom. The Bertz CT molecular complexity index is 878. The average Bonchev–Trinajstić information content (AvgIpc) is 3.17. The Labute approximate surface area is 187 Å². The number of ether oxygens (including phenoxy) is 1. The van der Waals surface area contributed by atoms with Crippen molar-refractivity contribution in [3.63, 3.8) is 0 Å². The number of carbonyl (C=O) groups is 2. The van der Waals surface area contributed by atoms with Gasteiger partial charge in [0, 0.05) is 5.69 Å². The van der Waals surface area contributed by atoms with E-state index in [0.29, 0.717) is 5.89 Å². The van der Waals surface area contributed by atoms with Crippen LogP contribution in [0.5, 0.6) is 0 Å². The Morgan fingerprint density at radius 2 is 1.90 bits per heavy atom. The standard InChI is InChI=1S/C22H32N4O4S/c1-7-14(3)18(24-20(28)30-22(4,5)6)19-25-26-21(29-19)31-13-17(27)23-16-12-10-9-11-15(16)8-2/h9-12,14,18H,7-8,13H2,1-6H3,(H,23,27)(H,24,28). The summed E-state index contributed by atoms with van der Waals surface area (Å²) in [5, 5.41) is 14.1. The summed E-state index contributed by atoms with van der Waals surface area (Å²) >= 11 is 1.15. The number of hydrogen-bond donors (Lipinski definition) is 2. The summed E-state index contributed by atoms with van der Waals surface area (Å²) in [6.45, 7) is 11.4. The molecule has 170 valence electrons. The van der Waals surface area contributed by atoms with Crippen LogP contribution in [0.25, 0.3) is 0 Å². The first-order chi connectivity index (χ1) is 14.6. The molecule has 1 heterocycles. The second-order valence-corrected chi connectivity index (χ2v) is 9.19. The number of aromatic nitrogens is 2. The van der Waals surface area contributed by atoms with Crippen molar-refractivity contribution in [1.29, 1.82) is 0 Å². The number of rotatable bonds is 9. The highest BCUT2D eigenvalue weighted by Gasteiger charge is 2.28. The Kier molecular flexibility index (Phi) is 8.91. The summed E-state index contributed by atoms with van der Waals surface area (Å²) < 4.78 is 11.1. The van der Waals surface area contributed by atoms with Crippen LogP contribution in [0.2, 0.25) is 0 Å². The van der Waals surface area contributed by atoms with Crippen LogP contribution >= 0.6 is 11.8 Å². The van der Waals surface area contributed by atoms with E-state index in [1.165, 1.54) is 0 Å². The van der Waals surface area contributed by atoms with Crippen LogP contribution in [-0.4, -0.2) is 33.6 Å². The summed E-state index contributed by atoms with van der Waals surface area (Å²) in [7, 11) is 0. The lowest BCUT2D eigenvalue weighted by Crippen LogP contribution is -2.37. The van der Waals surface area contributed by atoms with E-state index in [-0.39, 0.29) is 22.8 Å². The molecule has 0 aliphatic carbocycles. The summed E-state index contributed by atoms with van der Waals surface area (Å²) in [5.74, 6) is 0.322. The van der Waals surface area contributed by atoms with Gasteiger partial charge in [0.1, 0.15) is 11.6 Å². The molecule has 2 unspecified atom stereocenters. The monoisotopic (exact) mass is 448 g/mol. The number of carbonyl (C=O) groups excluding carboxylic acids is 2. The first-order valence-electron chi connectivity index (χ1n) is 10.5. The van der Waals surface area contributed by atoms with Gasteiger partial charge >= 0.3 is 6.09 Å². The Morgan fingerprint density at radius 3 is 2.55 bits per heavy atom. The molecule has 31 heavy (non-hydrogen) atoms. The molecule has 0 saturated heterocycles. The fraction of sp³-hybridized carbons (Fsp3) is 0.545. The topological polar surface area (TPSA) is 106 Å². The zero-order chi connectivity index (χ0) is 23.0. The molecule has 0 bridgehead atoms. The number of anilines is 1. The van der Waals surface area contributed by atoms with Crippen molar-refractivity contribution in [3.8, 4) is 0 Å². The molecule has 1 aromatic carbocycles. The molecule has 0 saturated carbocycles. The number of nitrogens with one attached hydrogen (secondary N) is 2. The first-order valence-corrected chi connectivity index (χ1v) is 11.4. The minimum atomic E-state index is -0.607. The number of alkyl carbamates (subject to hydrolysis) is 1. The SMILES string of the molecule is CCc1ccccc1NC(=O)CSc1nnc(C(NC(=O)OC(C)(C)C)C(C)CC)o1. The van der Waals surface area contributed by atoms with E-state index in [2.05, 4.69) is 20.8 Å². The highest BCUT2D eigenvalue weighted by Crippen LogP contribution is 2.27. The van der Waals surface area contributed by atoms with Crippen molar-refractivity contribution in [1.82, 2.24) is 15.5 Å². The lowest BCUT2D eigenvalue weighted by atomic mass is 9.99. The van der Waals surface area contributed by atoms with Crippen LogP contribution in [-0.2, 0) is 16.0 Å². The van der Waals surface area contributed by atoms with Gasteiger partial charge in [-0.15, -0.1) is 10.2 Å². The number of para-hydroxylation sites is 1. The second kappa shape index (κ2) is 11.2. The molecule has 2 N–H and O–H groups in total. The molecular formula is C22H32N4O4S. The molecule has 9 heteroatoms. The smallest absolute Gasteiger partial charge is 0.408 e. The summed E-state index contributed by atoms with van der Waals surface area (Å²) in [6, 6.07) is 7.22. The van der Waals surface area contributed by atoms with Gasteiger partial charge in [-0.05, 0) is 44.7 Å². The number of nitrogens with zero attached hydrogens (tertiary/aromatic N) is 2. The van der Waals surface area contributed by atoms with E-state index < -0.39 is 17.7 Å². The van der Waals surface area contributed by atoms with Gasteiger partial charge in [0.2, 0.25) is 11.8 Å². The van der Waals surface area contributed by atoms with E-state index in [1.807, 2.05) is 45.0 Å². The maximum atomic E-state index is 12.3. The number of thioether (sulfide) groups is 1. The number of aryl methyl sites for hydroxylation is 1. The summed E-state index contributed by atoms with van der Waals surface area (Å²) in [5.41, 5.74) is 1.27. The van der Waals surface area contributed by atoms with Crippen LogP contribution in [0.4, 0.5) is 10.5 Å². The van der Waals surface area contributed by atoms with Crippen molar-refractivity contribution in [2.45, 2.75) is 71.2 Å². The number of benzene rings is 1. The Balaban J connectivity index is 1.99. The predicted octanol–water partition coefficient (Wildman–Crippen LogP) is 4.97. The Hall–Kier alpha value is -2.55. The van der Waals surface area contributed by atoms with Gasteiger partial charge in [-0.25, -0.2) is 4.79 Å². The minimum absolute atomic E-state index is 0.0552. The normalized spacial score (nSPS) is 13.4. The molecule has 0 spiro atoms. The number of hydrogen-bond acceptors (Lipinski definition) is 7. The second-order valence-electron chi connectivity index (χ2n) is 8.26. The van der Waals surface area contributed by atoms with Gasteiger partial charge in [0.05, 0.1) is 5.75 Å². The van der Waals surface area contributed by atoms with Crippen LogP contribution < -0.4 is 10.6 Å². The largest absolute Gasteiger partial charge is 0.444 e. The fourth-order valence-corrected chi connectivity index (χ4v) is 3.36. The maximum Gasteiger partial charge on any atom is 0.408 e. The molecular weight excluding hydrogens is 416 g/mol. The van der Waals surface area contributed by atoms with Crippen molar-refractivity contribution >= 4 is 29.4 Å². The minimum Gasteiger partial charge on any atom is -0.444 e. The van der Waals surface area contributed by atoms with E-state index in [0.717, 1.165) is 35.9 Å². The predicted molar refractivity (Wildman–Crippen MR) is 121 cm³/mol. The van der Waals surface area contributed by atoms with Gasteiger partial charge in [-0.3, -0.25) is 4.79 Å². The lowest BCUT2D eigenvalue weighted by Gasteiger charge is -2.24. The van der Waals surface area contributed by atoms with E-state index >= 15 is 0 Å². The van der Waals surface area contributed by atoms with E-state index in [4.69, 9.17) is 9.15 Å². The lowest BCUT2D eigenvalue weighted by molar-refractivity contribution is -0.113. The van der Waals surface area contributed by atoms with Crippen LogP contribution in [0.3, 0.4) is 0 Å². The molecule has 8 nitrogen and oxygen atoms in total. The molecule has 1 aromatic heterocycles. The third-order valence-corrected chi connectivity index (χ3v) is 5.39. The maximum absolute atomic E-state index is 12.3. The zero-order valence-corrected chi connectivity index (χ0v) is 19.8. The van der Waals surface area contributed by atoms with Crippen LogP contribution in [0, 0.1) is 5.92 Å². The van der Waals surface area contributed by atoms with Crippen molar-refractivity contribution in [2.75, 3.05) is 11.1 Å². The summed E-state index contributed by atoms with van der Waals surface area (Å²) in [6.07, 6.45) is 1.09. The third kappa shape index (κ3) is 7.90. The number of amides is 2. The van der Waals surface area contributed by atoms with Gasteiger partial charge in [-0.2, -0.15) is 0 Å². The fourth-order valence-electron chi connectivity index (χ4n) is 2.79. The quantitative estimate of drug-likeness (QED) is 0.521. The molecule has 0 fully saturated rings. The van der Waals surface area contributed by atoms with E-state index in [1.54, 1.807) is 20.8 Å². The highest BCUT2D eigenvalue weighted by molar-refractivity contribution is 7.99. The molecule has 0 aliphatic rings. The van der Waals surface area contributed by atoms with Gasteiger partial charge in [-0.1, -0.05) is 57.2 Å². The molecule has 0 aliphatic heterocycles. The average molecular weight is 449 g/mol. The first kappa shape index (κ1) is 24.7. The van der Waals surface area contributed by atoms with Crippen LogP contribution in [0.1, 0.15) is 65.5 Å². The van der Waals surface area contributed by atoms with Crippen molar-refractivity contribution in [2.24, 2.45) is 5.92 Å². The molecule has 2 aromatic rings. The molecule has 2 atom stereocenters. The zero-order valence-electron chi connectivity index (χ0n) is 19.0. The van der Waals surface area contributed by atoms with Gasteiger partial charge < -0.3 is 19.8 Å². The van der Waals surface area contributed by atoms with Crippen molar-refractivity contribution in [3.05, 3.63) is 35.7 Å². The van der Waals surface area contributed by atoms with Gasteiger partial charge in [0.25, 0.3) is 5.22 Å². The third-order valence-electron chi connectivity index (χ3n) is 4.57. The molecule has 2 amide bonds. The van der Waals surface area contributed by atoms with Crippen LogP contribution in [0.15, 0.2) is 33.9 Å². The highest BCUT2D eigenvalue weighted by atomic mass is 32.2. The molecule has 0 radical (unpaired) electrons. The summed E-state index contributed by atoms with van der Waals surface area (Å²) in [4.78, 5) is 24.6. The van der Waals surface area contributed by atoms with Crippen molar-refractivity contribution < 1.29 is 18.7 Å². The van der Waals surface area contributed by atoms with E-state index in [9.17, 15) is 9.59 Å².